The van der Waals surface area contributed by atoms with Gasteiger partial charge in [0.05, 0.1) is 12.7 Å². The molecule has 8 bridgehead atoms. The molecule has 8 saturated carbocycles. The molecule has 0 spiro atoms. The molecule has 8 fully saturated rings. The highest BCUT2D eigenvalue weighted by Gasteiger charge is 2.64. The molecule has 0 radical (unpaired) electrons. The number of halogens is 4. The van der Waals surface area contributed by atoms with Crippen molar-refractivity contribution in [2.75, 3.05) is 7.11 Å². The molecule has 0 amide bonds. The predicted octanol–water partition coefficient (Wildman–Crippen LogP) is 15.3. The molecule has 58 heavy (non-hydrogen) atoms. The van der Waals surface area contributed by atoms with E-state index in [1.807, 2.05) is 27.9 Å². The Hall–Kier alpha value is -2.39. The smallest absolute Gasteiger partial charge is 0.170 e. The van der Waals surface area contributed by atoms with Crippen LogP contribution in [0.4, 0.5) is 17.6 Å². The molecular weight excluding hydrogens is 748 g/mol. The number of ether oxygens (including phenoxy) is 1. The average Bonchev–Trinajstić information content (AvgIpc) is 3.15. The standard InChI is InChI=1S/C52H67F4OP/c1-9-10-12-38-46(53)48(55)45(49(56)47(38)54)44-40(29(4)5)21-39(28(2)3)43(42(44)30(6)7)37-13-11-14-41(57-8)50(37)58(51-22-31-15-32(23-51)17-33(16-31)24-51)52-25-34-18-35(26-52)20-36(19-34)27-52/h11,13-14,21,28-36H,9-10,12,15-20,22-27H2,1-8H3. The second-order valence-electron chi connectivity index (χ2n) is 21.4. The van der Waals surface area contributed by atoms with Crippen LogP contribution in [0, 0.1) is 58.8 Å². The number of rotatable bonds is 12. The van der Waals surface area contributed by atoms with Crippen LogP contribution in [0.1, 0.15) is 178 Å². The molecule has 8 aliphatic rings. The summed E-state index contributed by atoms with van der Waals surface area (Å²) < 4.78 is 72.7. The van der Waals surface area contributed by atoms with E-state index in [2.05, 4.69) is 52.0 Å². The highest BCUT2D eigenvalue weighted by Crippen LogP contribution is 2.79. The Morgan fingerprint density at radius 2 is 1.07 bits per heavy atom. The summed E-state index contributed by atoms with van der Waals surface area (Å²) in [6.45, 7) is 14.6. The molecular formula is C52H67F4OP. The van der Waals surface area contributed by atoms with Crippen molar-refractivity contribution in [3.05, 3.63) is 69.8 Å². The van der Waals surface area contributed by atoms with Crippen molar-refractivity contribution >= 4 is 13.2 Å². The molecule has 1 nitrogen and oxygen atoms in total. The summed E-state index contributed by atoms with van der Waals surface area (Å²) in [5.41, 5.74) is 4.13. The fourth-order valence-electron chi connectivity index (χ4n) is 15.1. The Morgan fingerprint density at radius 1 is 0.621 bits per heavy atom. The molecule has 0 saturated heterocycles. The minimum absolute atomic E-state index is 0.0424. The molecule has 0 aliphatic heterocycles. The second kappa shape index (κ2) is 15.2. The van der Waals surface area contributed by atoms with Gasteiger partial charge in [0.15, 0.2) is 23.3 Å². The first-order valence-corrected chi connectivity index (χ1v) is 24.6. The molecule has 3 aromatic rings. The zero-order valence-electron chi connectivity index (χ0n) is 36.5. The maximum absolute atomic E-state index is 16.9. The molecule has 0 heterocycles. The minimum atomic E-state index is -1.27. The van der Waals surface area contributed by atoms with Crippen molar-refractivity contribution in [1.29, 1.82) is 0 Å². The van der Waals surface area contributed by atoms with Crippen molar-refractivity contribution < 1.29 is 22.3 Å². The molecule has 0 N–H and O–H groups in total. The minimum Gasteiger partial charge on any atom is -0.496 e. The maximum Gasteiger partial charge on any atom is 0.170 e. The Balaban J connectivity index is 1.37. The molecule has 314 valence electrons. The van der Waals surface area contributed by atoms with Crippen molar-refractivity contribution in [2.45, 2.75) is 173 Å². The van der Waals surface area contributed by atoms with Gasteiger partial charge in [-0.15, -0.1) is 0 Å². The summed E-state index contributed by atoms with van der Waals surface area (Å²) >= 11 is 0. The van der Waals surface area contributed by atoms with Crippen LogP contribution in [0.5, 0.6) is 5.75 Å². The Morgan fingerprint density at radius 3 is 1.47 bits per heavy atom. The quantitative estimate of drug-likeness (QED) is 0.101. The lowest BCUT2D eigenvalue weighted by molar-refractivity contribution is 0.0195. The fraction of sp³-hybridized carbons (Fsp3) is 0.654. The van der Waals surface area contributed by atoms with Crippen LogP contribution in [0.15, 0.2) is 24.3 Å². The van der Waals surface area contributed by atoms with E-state index >= 15 is 17.6 Å². The van der Waals surface area contributed by atoms with E-state index < -0.39 is 42.3 Å². The summed E-state index contributed by atoms with van der Waals surface area (Å²) in [6, 6.07) is 8.76. The summed E-state index contributed by atoms with van der Waals surface area (Å²) in [6.07, 6.45) is 17.3. The molecule has 3 aromatic carbocycles. The van der Waals surface area contributed by atoms with Gasteiger partial charge in [0.2, 0.25) is 0 Å². The van der Waals surface area contributed by atoms with E-state index in [9.17, 15) is 0 Å². The van der Waals surface area contributed by atoms with Gasteiger partial charge in [-0.05, 0) is 193 Å². The monoisotopic (exact) mass is 814 g/mol. The van der Waals surface area contributed by atoms with Gasteiger partial charge in [0.1, 0.15) is 5.75 Å². The predicted molar refractivity (Wildman–Crippen MR) is 233 cm³/mol. The maximum atomic E-state index is 16.9. The number of benzene rings is 3. The Kier molecular flexibility index (Phi) is 10.7. The molecule has 8 aliphatic carbocycles. The van der Waals surface area contributed by atoms with Crippen LogP contribution in [0.25, 0.3) is 22.3 Å². The van der Waals surface area contributed by atoms with Gasteiger partial charge in [-0.2, -0.15) is 0 Å². The van der Waals surface area contributed by atoms with E-state index in [1.165, 1.54) is 82.4 Å². The number of hydrogen-bond acceptors (Lipinski definition) is 1. The first kappa shape index (κ1) is 41.0. The normalized spacial score (nSPS) is 31.4. The molecule has 11 rings (SSSR count). The molecule has 0 atom stereocenters. The summed E-state index contributed by atoms with van der Waals surface area (Å²) in [4.78, 5) is 0. The van der Waals surface area contributed by atoms with Crippen molar-refractivity contribution in [3.63, 3.8) is 0 Å². The van der Waals surface area contributed by atoms with Crippen molar-refractivity contribution in [1.82, 2.24) is 0 Å². The zero-order chi connectivity index (χ0) is 41.0. The average molecular weight is 815 g/mol. The van der Waals surface area contributed by atoms with Gasteiger partial charge in [0.25, 0.3) is 0 Å². The lowest BCUT2D eigenvalue weighted by atomic mass is 9.55. The lowest BCUT2D eigenvalue weighted by Gasteiger charge is -2.67. The van der Waals surface area contributed by atoms with Crippen LogP contribution in [0.2, 0.25) is 0 Å². The SMILES string of the molecule is CCCCc1c(F)c(F)c(-c2c(C(C)C)cc(C(C)C)c(-c3cccc(OC)c3P(C34CC5CC(CC(C5)C3)C4)C34CC5CC(CC(C5)C3)C4)c2C(C)C)c(F)c1F. The third-order valence-electron chi connectivity index (χ3n) is 16.3. The summed E-state index contributed by atoms with van der Waals surface area (Å²) in [5, 5.41) is 1.87. The van der Waals surface area contributed by atoms with Crippen molar-refractivity contribution in [3.8, 4) is 28.0 Å². The highest BCUT2D eigenvalue weighted by atomic mass is 31.1. The molecule has 6 heteroatoms. The molecule has 0 aromatic heterocycles. The first-order chi connectivity index (χ1) is 27.7. The van der Waals surface area contributed by atoms with E-state index in [1.54, 1.807) is 0 Å². The summed E-state index contributed by atoms with van der Waals surface area (Å²) in [7, 11) is 1.09. The number of unbranched alkanes of at least 4 members (excludes halogenated alkanes) is 1. The Bertz CT molecular complexity index is 1940. The van der Waals surface area contributed by atoms with Gasteiger partial charge >= 0.3 is 0 Å². The third kappa shape index (κ3) is 6.46. The van der Waals surface area contributed by atoms with Crippen LogP contribution in [-0.2, 0) is 6.42 Å². The lowest BCUT2D eigenvalue weighted by Crippen LogP contribution is -2.58. The van der Waals surface area contributed by atoms with Gasteiger partial charge in [-0.1, -0.05) is 81.0 Å². The van der Waals surface area contributed by atoms with Gasteiger partial charge < -0.3 is 4.74 Å². The van der Waals surface area contributed by atoms with E-state index in [4.69, 9.17) is 4.74 Å². The van der Waals surface area contributed by atoms with Crippen LogP contribution in [0.3, 0.4) is 0 Å². The van der Waals surface area contributed by atoms with Crippen LogP contribution >= 0.6 is 7.92 Å². The number of methoxy groups -OCH3 is 1. The highest BCUT2D eigenvalue weighted by molar-refractivity contribution is 7.69. The topological polar surface area (TPSA) is 9.23 Å². The van der Waals surface area contributed by atoms with Crippen LogP contribution < -0.4 is 10.0 Å². The van der Waals surface area contributed by atoms with Gasteiger partial charge in [-0.3, -0.25) is 0 Å². The van der Waals surface area contributed by atoms with E-state index in [-0.39, 0.29) is 34.5 Å². The van der Waals surface area contributed by atoms with E-state index in [0.29, 0.717) is 18.4 Å². The summed E-state index contributed by atoms with van der Waals surface area (Å²) in [5.74, 6) is 0.449. The second-order valence-corrected chi connectivity index (χ2v) is 24.4. The van der Waals surface area contributed by atoms with Crippen LogP contribution in [-0.4, -0.2) is 17.4 Å². The fourth-order valence-corrected chi connectivity index (χ4v) is 20.5. The van der Waals surface area contributed by atoms with Gasteiger partial charge in [-0.25, -0.2) is 17.6 Å². The van der Waals surface area contributed by atoms with Crippen molar-refractivity contribution in [2.24, 2.45) is 35.5 Å². The van der Waals surface area contributed by atoms with Gasteiger partial charge in [0, 0.05) is 10.9 Å². The number of hydrogen-bond donors (Lipinski definition) is 0. The Labute approximate surface area is 347 Å². The third-order valence-corrected chi connectivity index (χ3v) is 20.2. The van der Waals surface area contributed by atoms with E-state index in [0.717, 1.165) is 69.1 Å². The first-order valence-electron chi connectivity index (χ1n) is 23.2. The molecule has 0 unspecified atom stereocenters. The zero-order valence-corrected chi connectivity index (χ0v) is 37.4. The largest absolute Gasteiger partial charge is 0.496 e.